The van der Waals surface area contributed by atoms with Crippen molar-refractivity contribution in [2.75, 3.05) is 31.2 Å². The fraction of sp³-hybridized carbons (Fsp3) is 0.353. The van der Waals surface area contributed by atoms with Crippen molar-refractivity contribution >= 4 is 5.69 Å². The second kappa shape index (κ2) is 5.74. The van der Waals surface area contributed by atoms with Crippen LogP contribution in [0.1, 0.15) is 5.56 Å². The number of hydrogen-bond donors (Lipinski definition) is 0. The number of aryl methyl sites for hydroxylation is 2. The molecule has 1 aliphatic rings. The maximum Gasteiger partial charge on any atom is 0.253 e. The van der Waals surface area contributed by atoms with Crippen LogP contribution in [0.2, 0.25) is 0 Å². The van der Waals surface area contributed by atoms with Gasteiger partial charge in [-0.05, 0) is 36.2 Å². The van der Waals surface area contributed by atoms with E-state index >= 15 is 0 Å². The molecule has 0 saturated carbocycles. The molecule has 0 bridgehead atoms. The van der Waals surface area contributed by atoms with Gasteiger partial charge in [0, 0.05) is 37.6 Å². The van der Waals surface area contributed by atoms with Crippen LogP contribution in [0.4, 0.5) is 5.69 Å². The molecule has 1 aromatic carbocycles. The van der Waals surface area contributed by atoms with Crippen LogP contribution in [0, 0.1) is 6.92 Å². The van der Waals surface area contributed by atoms with Crippen LogP contribution in [0.5, 0.6) is 0 Å². The second-order valence-electron chi connectivity index (χ2n) is 5.47. The molecule has 0 N–H and O–H groups in total. The lowest BCUT2D eigenvalue weighted by atomic mass is 10.1. The minimum Gasteiger partial charge on any atom is -0.378 e. The Morgan fingerprint density at radius 1 is 1.05 bits per heavy atom. The Morgan fingerprint density at radius 2 is 1.71 bits per heavy atom. The summed E-state index contributed by atoms with van der Waals surface area (Å²) in [4.78, 5) is 14.1. The predicted octanol–water partition coefficient (Wildman–Crippen LogP) is 2.20. The maximum absolute atomic E-state index is 11.8. The van der Waals surface area contributed by atoms with Crippen molar-refractivity contribution in [2.24, 2.45) is 7.05 Å². The number of nitrogens with zero attached hydrogens (tertiary/aromatic N) is 2. The maximum atomic E-state index is 11.8. The van der Waals surface area contributed by atoms with Crippen molar-refractivity contribution in [1.29, 1.82) is 0 Å². The van der Waals surface area contributed by atoms with E-state index in [1.54, 1.807) is 11.6 Å². The van der Waals surface area contributed by atoms with Gasteiger partial charge in [-0.3, -0.25) is 4.79 Å². The third-order valence-electron chi connectivity index (χ3n) is 3.94. The fourth-order valence-corrected chi connectivity index (χ4v) is 2.72. The second-order valence-corrected chi connectivity index (χ2v) is 5.47. The van der Waals surface area contributed by atoms with E-state index in [9.17, 15) is 4.79 Å². The molecule has 2 heterocycles. The van der Waals surface area contributed by atoms with E-state index in [1.807, 2.05) is 19.2 Å². The highest BCUT2D eigenvalue weighted by Crippen LogP contribution is 2.23. The lowest BCUT2D eigenvalue weighted by Crippen LogP contribution is -2.36. The number of benzene rings is 1. The molecule has 4 nitrogen and oxygen atoms in total. The molecule has 0 amide bonds. The molecule has 4 heteroatoms. The highest BCUT2D eigenvalue weighted by atomic mass is 16.5. The van der Waals surface area contributed by atoms with Gasteiger partial charge >= 0.3 is 0 Å². The summed E-state index contributed by atoms with van der Waals surface area (Å²) in [6.07, 6.45) is 1.89. The predicted molar refractivity (Wildman–Crippen MR) is 84.9 cm³/mol. The molecule has 2 aromatic rings. The molecule has 0 atom stereocenters. The summed E-state index contributed by atoms with van der Waals surface area (Å²) in [5.74, 6) is 0. The van der Waals surface area contributed by atoms with Gasteiger partial charge in [0.05, 0.1) is 13.2 Å². The van der Waals surface area contributed by atoms with Crippen molar-refractivity contribution in [2.45, 2.75) is 6.92 Å². The molecular weight excluding hydrogens is 264 g/mol. The van der Waals surface area contributed by atoms with Gasteiger partial charge in [0.2, 0.25) is 0 Å². The molecule has 0 radical (unpaired) electrons. The van der Waals surface area contributed by atoms with Crippen molar-refractivity contribution in [3.63, 3.8) is 0 Å². The molecule has 3 rings (SSSR count). The molecule has 110 valence electrons. The topological polar surface area (TPSA) is 34.5 Å². The molecule has 1 aromatic heterocycles. The SMILES string of the molecule is Cc1cc(-c2ccc(N3CCOCC3)cc2)cn(C)c1=O. The standard InChI is InChI=1S/C17H20N2O2/c1-13-11-15(12-18(2)17(13)20)14-3-5-16(6-4-14)19-7-9-21-10-8-19/h3-6,11-12H,7-10H2,1-2H3. The first-order chi connectivity index (χ1) is 10.1. The Labute approximate surface area is 124 Å². The Bertz CT molecular complexity index is 657. The van der Waals surface area contributed by atoms with E-state index in [4.69, 9.17) is 4.74 Å². The van der Waals surface area contributed by atoms with Gasteiger partial charge < -0.3 is 14.2 Å². The van der Waals surface area contributed by atoms with E-state index in [1.165, 1.54) is 5.69 Å². The monoisotopic (exact) mass is 284 g/mol. The normalized spacial score (nSPS) is 15.2. The number of hydrogen-bond acceptors (Lipinski definition) is 3. The van der Waals surface area contributed by atoms with Crippen LogP contribution in [-0.2, 0) is 11.8 Å². The van der Waals surface area contributed by atoms with E-state index < -0.39 is 0 Å². The van der Waals surface area contributed by atoms with Crippen molar-refractivity contribution in [3.8, 4) is 11.1 Å². The number of pyridine rings is 1. The van der Waals surface area contributed by atoms with Crippen LogP contribution in [0.3, 0.4) is 0 Å². The smallest absolute Gasteiger partial charge is 0.253 e. The molecule has 21 heavy (non-hydrogen) atoms. The molecule has 0 aliphatic carbocycles. The number of anilines is 1. The van der Waals surface area contributed by atoms with E-state index in [0.717, 1.165) is 43.0 Å². The van der Waals surface area contributed by atoms with Gasteiger partial charge in [0.1, 0.15) is 0 Å². The summed E-state index contributed by atoms with van der Waals surface area (Å²) < 4.78 is 7.02. The zero-order chi connectivity index (χ0) is 14.8. The zero-order valence-corrected chi connectivity index (χ0v) is 12.5. The lowest BCUT2D eigenvalue weighted by molar-refractivity contribution is 0.122. The third kappa shape index (κ3) is 2.85. The van der Waals surface area contributed by atoms with Gasteiger partial charge in [-0.2, -0.15) is 0 Å². The number of rotatable bonds is 2. The third-order valence-corrected chi connectivity index (χ3v) is 3.94. The van der Waals surface area contributed by atoms with Gasteiger partial charge in [-0.1, -0.05) is 12.1 Å². The number of morpholine rings is 1. The van der Waals surface area contributed by atoms with Gasteiger partial charge in [0.15, 0.2) is 0 Å². The summed E-state index contributed by atoms with van der Waals surface area (Å²) in [6, 6.07) is 10.5. The van der Waals surface area contributed by atoms with Crippen molar-refractivity contribution < 1.29 is 4.74 Å². The lowest BCUT2D eigenvalue weighted by Gasteiger charge is -2.28. The molecule has 1 saturated heterocycles. The number of aromatic nitrogens is 1. The van der Waals surface area contributed by atoms with Crippen LogP contribution in [0.25, 0.3) is 11.1 Å². The van der Waals surface area contributed by atoms with Crippen molar-refractivity contribution in [3.05, 3.63) is 52.4 Å². The average Bonchev–Trinajstić information content (AvgIpc) is 2.53. The minimum absolute atomic E-state index is 0.0590. The Balaban J connectivity index is 1.88. The highest BCUT2D eigenvalue weighted by Gasteiger charge is 2.11. The van der Waals surface area contributed by atoms with E-state index in [-0.39, 0.29) is 5.56 Å². The first-order valence-corrected chi connectivity index (χ1v) is 7.25. The van der Waals surface area contributed by atoms with Crippen LogP contribution < -0.4 is 10.5 Å². The quantitative estimate of drug-likeness (QED) is 0.848. The minimum atomic E-state index is 0.0590. The van der Waals surface area contributed by atoms with Crippen LogP contribution in [-0.4, -0.2) is 30.9 Å². The summed E-state index contributed by atoms with van der Waals surface area (Å²) >= 11 is 0. The fourth-order valence-electron chi connectivity index (χ4n) is 2.72. The molecule has 0 spiro atoms. The van der Waals surface area contributed by atoms with Crippen LogP contribution >= 0.6 is 0 Å². The molecule has 1 aliphatic heterocycles. The van der Waals surface area contributed by atoms with Gasteiger partial charge in [-0.25, -0.2) is 0 Å². The first-order valence-electron chi connectivity index (χ1n) is 7.25. The molecule has 0 unspecified atom stereocenters. The largest absolute Gasteiger partial charge is 0.378 e. The van der Waals surface area contributed by atoms with Crippen molar-refractivity contribution in [1.82, 2.24) is 4.57 Å². The Hall–Kier alpha value is -2.07. The Kier molecular flexibility index (Phi) is 3.80. The van der Waals surface area contributed by atoms with Crippen LogP contribution in [0.15, 0.2) is 41.3 Å². The van der Waals surface area contributed by atoms with E-state index in [2.05, 4.69) is 29.2 Å². The summed E-state index contributed by atoms with van der Waals surface area (Å²) in [6.45, 7) is 5.33. The highest BCUT2D eigenvalue weighted by molar-refractivity contribution is 5.66. The first kappa shape index (κ1) is 13.9. The summed E-state index contributed by atoms with van der Waals surface area (Å²) in [5, 5.41) is 0. The number of ether oxygens (including phenoxy) is 1. The molecular formula is C17H20N2O2. The van der Waals surface area contributed by atoms with Gasteiger partial charge in [-0.15, -0.1) is 0 Å². The average molecular weight is 284 g/mol. The van der Waals surface area contributed by atoms with E-state index in [0.29, 0.717) is 0 Å². The summed E-state index contributed by atoms with van der Waals surface area (Å²) in [7, 11) is 1.79. The summed E-state index contributed by atoms with van der Waals surface area (Å²) in [5.41, 5.74) is 4.26. The molecule has 1 fully saturated rings. The zero-order valence-electron chi connectivity index (χ0n) is 12.5. The Morgan fingerprint density at radius 3 is 2.33 bits per heavy atom. The van der Waals surface area contributed by atoms with Gasteiger partial charge in [0.25, 0.3) is 5.56 Å².